The Bertz CT molecular complexity index is 799. The second kappa shape index (κ2) is 7.41. The summed E-state index contributed by atoms with van der Waals surface area (Å²) in [4.78, 5) is 36.1. The largest absolute Gasteiger partial charge is 0.326 e. The lowest BCUT2D eigenvalue weighted by molar-refractivity contribution is -0.122. The van der Waals surface area contributed by atoms with Crippen molar-refractivity contribution in [2.75, 3.05) is 5.32 Å². The Morgan fingerprint density at radius 1 is 1.33 bits per heavy atom. The minimum absolute atomic E-state index is 0.0255. The molecule has 2 amide bonds. The van der Waals surface area contributed by atoms with E-state index < -0.39 is 5.25 Å². The predicted molar refractivity (Wildman–Crippen MR) is 93.3 cm³/mol. The van der Waals surface area contributed by atoms with Gasteiger partial charge in [-0.15, -0.1) is 0 Å². The number of aromatic nitrogens is 2. The zero-order valence-electron chi connectivity index (χ0n) is 12.3. The first-order valence-electron chi connectivity index (χ1n) is 6.99. The summed E-state index contributed by atoms with van der Waals surface area (Å²) in [7, 11) is 0. The van der Waals surface area contributed by atoms with Gasteiger partial charge in [0.1, 0.15) is 5.25 Å². The third kappa shape index (κ3) is 4.30. The third-order valence-electron chi connectivity index (χ3n) is 3.01. The van der Waals surface area contributed by atoms with E-state index in [0.29, 0.717) is 15.9 Å². The summed E-state index contributed by atoms with van der Waals surface area (Å²) in [6.45, 7) is 0. The van der Waals surface area contributed by atoms with Crippen molar-refractivity contribution >= 4 is 52.0 Å². The second-order valence-corrected chi connectivity index (χ2v) is 6.45. The van der Waals surface area contributed by atoms with Crippen LogP contribution < -0.4 is 10.6 Å². The molecular weight excluding hydrogens is 350 g/mol. The molecule has 3 rings (SSSR count). The molecule has 0 radical (unpaired) electrons. The van der Waals surface area contributed by atoms with Crippen molar-refractivity contribution in [1.29, 1.82) is 0 Å². The van der Waals surface area contributed by atoms with Gasteiger partial charge in [-0.1, -0.05) is 29.4 Å². The second-order valence-electron chi connectivity index (χ2n) is 4.82. The molecule has 1 aliphatic heterocycles. The van der Waals surface area contributed by atoms with Crippen molar-refractivity contribution in [1.82, 2.24) is 15.3 Å². The number of halogens is 1. The highest BCUT2D eigenvalue weighted by atomic mass is 35.5. The number of benzene rings is 1. The Labute approximate surface area is 146 Å². The molecule has 0 bridgehead atoms. The van der Waals surface area contributed by atoms with E-state index in [4.69, 9.17) is 11.6 Å². The Morgan fingerprint density at radius 2 is 2.12 bits per heavy atom. The van der Waals surface area contributed by atoms with Gasteiger partial charge in [0.25, 0.3) is 5.95 Å². The van der Waals surface area contributed by atoms with Crippen molar-refractivity contribution < 1.29 is 9.59 Å². The maximum atomic E-state index is 12.1. The first-order chi connectivity index (χ1) is 11.6. The molecule has 122 valence electrons. The number of nitrogens with zero attached hydrogens (tertiary/aromatic N) is 3. The van der Waals surface area contributed by atoms with Gasteiger partial charge in [0.05, 0.1) is 0 Å². The van der Waals surface area contributed by atoms with Gasteiger partial charge in [0.15, 0.2) is 5.17 Å². The van der Waals surface area contributed by atoms with E-state index in [2.05, 4.69) is 25.6 Å². The highest BCUT2D eigenvalue weighted by Crippen LogP contribution is 2.24. The molecule has 1 aliphatic rings. The molecule has 2 aromatic rings. The average molecular weight is 362 g/mol. The molecule has 0 aliphatic carbocycles. The highest BCUT2D eigenvalue weighted by Gasteiger charge is 2.32. The smallest absolute Gasteiger partial charge is 0.251 e. The summed E-state index contributed by atoms with van der Waals surface area (Å²) < 4.78 is 0. The first-order valence-corrected chi connectivity index (χ1v) is 8.24. The van der Waals surface area contributed by atoms with Crippen LogP contribution in [0.5, 0.6) is 0 Å². The molecular formula is C15H12ClN5O2S. The number of amidine groups is 1. The molecule has 7 nitrogen and oxygen atoms in total. The molecule has 1 saturated heterocycles. The molecule has 1 atom stereocenters. The van der Waals surface area contributed by atoms with Crippen LogP contribution >= 0.6 is 23.4 Å². The molecule has 1 aromatic heterocycles. The Morgan fingerprint density at radius 3 is 2.88 bits per heavy atom. The number of amides is 2. The number of carbonyl (C=O) groups is 2. The maximum absolute atomic E-state index is 12.1. The summed E-state index contributed by atoms with van der Waals surface area (Å²) in [6.07, 6.45) is 3.14. The van der Waals surface area contributed by atoms with Crippen LogP contribution in [0, 0.1) is 0 Å². The normalized spacial score (nSPS) is 18.5. The summed E-state index contributed by atoms with van der Waals surface area (Å²) in [5.41, 5.74) is 0.586. The highest BCUT2D eigenvalue weighted by molar-refractivity contribution is 8.15. The van der Waals surface area contributed by atoms with E-state index in [9.17, 15) is 9.59 Å². The van der Waals surface area contributed by atoms with E-state index in [-0.39, 0.29) is 24.2 Å². The lowest BCUT2D eigenvalue weighted by Crippen LogP contribution is -2.28. The van der Waals surface area contributed by atoms with E-state index in [1.165, 1.54) is 11.8 Å². The monoisotopic (exact) mass is 361 g/mol. The number of nitrogens with one attached hydrogen (secondary N) is 2. The summed E-state index contributed by atoms with van der Waals surface area (Å²) in [5, 5.41) is 5.69. The number of carbonyl (C=O) groups excluding carboxylic acids is 2. The van der Waals surface area contributed by atoms with Crippen LogP contribution in [0.4, 0.5) is 11.6 Å². The quantitative estimate of drug-likeness (QED) is 0.871. The molecule has 0 saturated carbocycles. The van der Waals surface area contributed by atoms with Crippen LogP contribution in [-0.4, -0.2) is 32.2 Å². The maximum Gasteiger partial charge on any atom is 0.251 e. The fourth-order valence-corrected chi connectivity index (χ4v) is 3.13. The van der Waals surface area contributed by atoms with Crippen LogP contribution in [0.3, 0.4) is 0 Å². The van der Waals surface area contributed by atoms with Gasteiger partial charge in [0, 0.05) is 29.5 Å². The van der Waals surface area contributed by atoms with Gasteiger partial charge in [-0.05, 0) is 24.3 Å². The molecule has 1 fully saturated rings. The Balaban J connectivity index is 1.60. The number of thioether (sulfide) groups is 1. The molecule has 2 heterocycles. The van der Waals surface area contributed by atoms with Crippen molar-refractivity contribution in [2.24, 2.45) is 4.99 Å². The Hall–Kier alpha value is -2.45. The molecule has 9 heteroatoms. The van der Waals surface area contributed by atoms with Crippen LogP contribution in [0.15, 0.2) is 47.7 Å². The van der Waals surface area contributed by atoms with Gasteiger partial charge < -0.3 is 10.6 Å². The molecule has 2 N–H and O–H groups in total. The zero-order valence-corrected chi connectivity index (χ0v) is 13.8. The molecule has 24 heavy (non-hydrogen) atoms. The number of anilines is 1. The van der Waals surface area contributed by atoms with Crippen molar-refractivity contribution in [3.63, 3.8) is 0 Å². The van der Waals surface area contributed by atoms with Crippen LogP contribution in [0.2, 0.25) is 5.02 Å². The zero-order chi connectivity index (χ0) is 16.9. The van der Waals surface area contributed by atoms with Crippen LogP contribution in [-0.2, 0) is 9.59 Å². The first kappa shape index (κ1) is 16.4. The standard InChI is InChI=1S/C15H12ClN5O2S/c16-9-3-1-4-10(7-9)19-12(22)8-11-13(23)20-15(24-11)21-14-17-5-2-6-18-14/h1-7,11H,8H2,(H,19,22)(H,17,18,20,21,23). The van der Waals surface area contributed by atoms with Crippen LogP contribution in [0.25, 0.3) is 0 Å². The lowest BCUT2D eigenvalue weighted by Gasteiger charge is -2.07. The van der Waals surface area contributed by atoms with Crippen molar-refractivity contribution in [3.05, 3.63) is 47.7 Å². The van der Waals surface area contributed by atoms with E-state index >= 15 is 0 Å². The summed E-state index contributed by atoms with van der Waals surface area (Å²) in [5.74, 6) is -0.289. The van der Waals surface area contributed by atoms with E-state index in [1.54, 1.807) is 42.7 Å². The predicted octanol–water partition coefficient (Wildman–Crippen LogP) is 2.38. The van der Waals surface area contributed by atoms with E-state index in [1.807, 2.05) is 0 Å². The summed E-state index contributed by atoms with van der Waals surface area (Å²) in [6, 6.07) is 8.49. The lowest BCUT2D eigenvalue weighted by atomic mass is 10.2. The minimum Gasteiger partial charge on any atom is -0.326 e. The fraction of sp³-hybridized carbons (Fsp3) is 0.133. The van der Waals surface area contributed by atoms with Crippen molar-refractivity contribution in [3.8, 4) is 0 Å². The van der Waals surface area contributed by atoms with Gasteiger partial charge in [-0.25, -0.2) is 9.97 Å². The summed E-state index contributed by atoms with van der Waals surface area (Å²) >= 11 is 7.05. The van der Waals surface area contributed by atoms with Gasteiger partial charge >= 0.3 is 0 Å². The number of hydrogen-bond acceptors (Lipinski definition) is 6. The third-order valence-corrected chi connectivity index (χ3v) is 4.33. The van der Waals surface area contributed by atoms with Gasteiger partial charge in [-0.3, -0.25) is 9.59 Å². The molecule has 1 aromatic carbocycles. The van der Waals surface area contributed by atoms with E-state index in [0.717, 1.165) is 0 Å². The van der Waals surface area contributed by atoms with Gasteiger partial charge in [0.2, 0.25) is 11.8 Å². The average Bonchev–Trinajstić information content (AvgIpc) is 2.87. The number of hydrogen-bond donors (Lipinski definition) is 2. The number of aliphatic imine (C=N–C) groups is 1. The molecule has 0 spiro atoms. The fourth-order valence-electron chi connectivity index (χ4n) is 1.98. The number of rotatable bonds is 4. The SMILES string of the molecule is O=C(CC1S/C(=N\c2ncccn2)NC1=O)Nc1cccc(Cl)c1. The minimum atomic E-state index is -0.549. The van der Waals surface area contributed by atoms with Crippen molar-refractivity contribution in [2.45, 2.75) is 11.7 Å². The van der Waals surface area contributed by atoms with Gasteiger partial charge in [-0.2, -0.15) is 4.99 Å². The van der Waals surface area contributed by atoms with Crippen LogP contribution in [0.1, 0.15) is 6.42 Å². The molecule has 1 unspecified atom stereocenters. The topological polar surface area (TPSA) is 96.3 Å². The Kier molecular flexibility index (Phi) is 5.07.